The zero-order valence-electron chi connectivity index (χ0n) is 60.7. The average molecular weight is 1220 g/mol. The van der Waals surface area contributed by atoms with Crippen LogP contribution >= 0.6 is 0 Å². The van der Waals surface area contributed by atoms with Crippen molar-refractivity contribution in [3.63, 3.8) is 0 Å². The number of allylic oxidation sites excluding steroid dienone is 16. The molecule has 0 amide bonds. The van der Waals surface area contributed by atoms with Gasteiger partial charge in [0.15, 0.2) is 0 Å². The summed E-state index contributed by atoms with van der Waals surface area (Å²) in [5.41, 5.74) is 1.18. The van der Waals surface area contributed by atoms with Crippen LogP contribution in [0.15, 0.2) is 97.2 Å². The second-order valence-electron chi connectivity index (χ2n) is 29.0. The molecule has 0 bridgehead atoms. The van der Waals surface area contributed by atoms with Crippen molar-refractivity contribution in [2.75, 3.05) is 0 Å². The lowest BCUT2D eigenvalue weighted by atomic mass is 9.76. The van der Waals surface area contributed by atoms with Crippen molar-refractivity contribution in [1.82, 2.24) is 0 Å². The van der Waals surface area contributed by atoms with Crippen molar-refractivity contribution in [2.45, 2.75) is 439 Å². The lowest BCUT2D eigenvalue weighted by Gasteiger charge is -2.30. The van der Waals surface area contributed by atoms with Crippen molar-refractivity contribution in [3.8, 4) is 0 Å². The van der Waals surface area contributed by atoms with E-state index >= 15 is 0 Å². The molecule has 0 aromatic rings. The molecule has 1 nitrogen and oxygen atoms in total. The van der Waals surface area contributed by atoms with Gasteiger partial charge in [-0.05, 0) is 203 Å². The van der Waals surface area contributed by atoms with Gasteiger partial charge in [0.2, 0.25) is 0 Å². The van der Waals surface area contributed by atoms with E-state index in [1.165, 1.54) is 360 Å². The van der Waals surface area contributed by atoms with Gasteiger partial charge >= 0.3 is 0 Å². The standard InChI is InChI=1S/C44H80.C43H78O/c1-4-6-8-10-12-14-16-18-20-22-24-26-28-30-32-34-36-39-44(41-38-43(3)42-44)40-37-35-33-31-29-27-25-23-21-19-17-15-13-11-9-7-5-2;1-3-5-7-9-11-13-15-17-19-21-23-25-27-29-31-33-35-38-43(40-37-42(44)41-43)39-36-34-32-30-28-26-24-22-20-18-16-14-12-10-8-6-4-2/h12-15,18-21,43H,4-11,16-17,22-42H2,1-3H3;11-14,17-20,42,44H,3-10,15-16,21-41H2,1-2H3/b14-12-,15-13-,20-18-,21-19-;13-11-,14-12-,19-17-,20-18-. The monoisotopic (exact) mass is 1220 g/mol. The summed E-state index contributed by atoms with van der Waals surface area (Å²) in [6, 6.07) is 0. The number of aliphatic hydroxyl groups excluding tert-OH is 1. The molecular weight excluding hydrogens is 1060 g/mol. The molecule has 0 aliphatic heterocycles. The Bertz CT molecular complexity index is 1410. The minimum absolute atomic E-state index is 0.0262. The van der Waals surface area contributed by atoms with Gasteiger partial charge in [-0.2, -0.15) is 0 Å². The van der Waals surface area contributed by atoms with Gasteiger partial charge in [0, 0.05) is 0 Å². The summed E-state index contributed by atoms with van der Waals surface area (Å²) in [4.78, 5) is 0. The molecule has 0 spiro atoms. The summed E-state index contributed by atoms with van der Waals surface area (Å²) >= 11 is 0. The quantitative estimate of drug-likeness (QED) is 0.0475. The Balaban J connectivity index is 0.000000880. The number of aliphatic hydroxyl groups is 1. The molecule has 88 heavy (non-hydrogen) atoms. The Morgan fingerprint density at radius 2 is 0.455 bits per heavy atom. The Kier molecular flexibility index (Phi) is 64.6. The van der Waals surface area contributed by atoms with E-state index in [4.69, 9.17) is 0 Å². The molecule has 0 radical (unpaired) electrons. The van der Waals surface area contributed by atoms with Crippen LogP contribution in [0.3, 0.4) is 0 Å². The maximum Gasteiger partial charge on any atom is 0.0545 e. The van der Waals surface area contributed by atoms with Crippen molar-refractivity contribution >= 4 is 0 Å². The Hall–Kier alpha value is -2.12. The van der Waals surface area contributed by atoms with Gasteiger partial charge in [-0.15, -0.1) is 0 Å². The summed E-state index contributed by atoms with van der Waals surface area (Å²) in [5.74, 6) is 0.974. The Morgan fingerprint density at radius 1 is 0.250 bits per heavy atom. The van der Waals surface area contributed by atoms with Crippen LogP contribution < -0.4 is 0 Å². The molecule has 2 saturated carbocycles. The van der Waals surface area contributed by atoms with Crippen LogP contribution in [-0.2, 0) is 0 Å². The third-order valence-corrected chi connectivity index (χ3v) is 20.3. The molecule has 512 valence electrons. The third-order valence-electron chi connectivity index (χ3n) is 20.3. The molecule has 2 aliphatic carbocycles. The van der Waals surface area contributed by atoms with E-state index in [0.717, 1.165) is 44.4 Å². The average Bonchev–Trinajstić information content (AvgIpc) is 4.34. The lowest BCUT2D eigenvalue weighted by molar-refractivity contribution is 0.145. The predicted octanol–water partition coefficient (Wildman–Crippen LogP) is 30.7. The first-order chi connectivity index (χ1) is 43.4. The number of rotatable bonds is 64. The van der Waals surface area contributed by atoms with Crippen molar-refractivity contribution in [3.05, 3.63) is 97.2 Å². The van der Waals surface area contributed by atoms with Crippen LogP contribution in [0.25, 0.3) is 0 Å². The highest BCUT2D eigenvalue weighted by Gasteiger charge is 2.37. The van der Waals surface area contributed by atoms with Crippen LogP contribution in [-0.4, -0.2) is 11.2 Å². The second kappa shape index (κ2) is 67.8. The van der Waals surface area contributed by atoms with Gasteiger partial charge in [0.25, 0.3) is 0 Å². The molecule has 1 heteroatoms. The fourth-order valence-electron chi connectivity index (χ4n) is 14.5. The number of hydrogen-bond acceptors (Lipinski definition) is 1. The van der Waals surface area contributed by atoms with Gasteiger partial charge in [0.05, 0.1) is 6.10 Å². The SMILES string of the molecule is CCCCC/C=C\C/C=C\CCCCCCCCCC1(CCCCCCCCC/C=C\C/C=C\CCCCC)CCC(C)C1.CCCCC/C=C\C/C=C\CCCCCCCCCC1(CCCCCCCCC/C=C\C/C=C\CCCCC)CCC(O)C1. The fraction of sp³-hybridized carbons (Fsp3) is 0.816. The van der Waals surface area contributed by atoms with Gasteiger partial charge in [-0.25, -0.2) is 0 Å². The highest BCUT2D eigenvalue weighted by atomic mass is 16.3. The summed E-state index contributed by atoms with van der Waals surface area (Å²) in [5, 5.41) is 10.3. The highest BCUT2D eigenvalue weighted by molar-refractivity contribution is 4.96. The van der Waals surface area contributed by atoms with Crippen LogP contribution in [0.2, 0.25) is 0 Å². The summed E-state index contributed by atoms with van der Waals surface area (Å²) in [6.07, 6.45) is 122. The molecule has 0 aromatic carbocycles. The van der Waals surface area contributed by atoms with E-state index in [-0.39, 0.29) is 6.10 Å². The van der Waals surface area contributed by atoms with E-state index in [1.807, 2.05) is 0 Å². The van der Waals surface area contributed by atoms with Gasteiger partial charge in [-0.1, -0.05) is 344 Å². The first-order valence-corrected chi connectivity index (χ1v) is 40.3. The van der Waals surface area contributed by atoms with Crippen molar-refractivity contribution < 1.29 is 5.11 Å². The molecule has 2 atom stereocenters. The number of unbranched alkanes of at least 4 members (excludes halogenated alkanes) is 40. The topological polar surface area (TPSA) is 20.2 Å². The van der Waals surface area contributed by atoms with Crippen LogP contribution in [0.1, 0.15) is 433 Å². The van der Waals surface area contributed by atoms with Crippen LogP contribution in [0.4, 0.5) is 0 Å². The minimum atomic E-state index is -0.0262. The fourth-order valence-corrected chi connectivity index (χ4v) is 14.5. The van der Waals surface area contributed by atoms with E-state index in [2.05, 4.69) is 132 Å². The maximum atomic E-state index is 10.3. The molecule has 0 saturated heterocycles. The van der Waals surface area contributed by atoms with Crippen LogP contribution in [0.5, 0.6) is 0 Å². The molecule has 2 rings (SSSR count). The van der Waals surface area contributed by atoms with E-state index in [1.54, 1.807) is 0 Å². The largest absolute Gasteiger partial charge is 0.393 e. The van der Waals surface area contributed by atoms with E-state index in [0.29, 0.717) is 10.8 Å². The first kappa shape index (κ1) is 83.9. The zero-order valence-corrected chi connectivity index (χ0v) is 60.7. The first-order valence-electron chi connectivity index (χ1n) is 40.3. The third kappa shape index (κ3) is 57.8. The maximum absolute atomic E-state index is 10.3. The van der Waals surface area contributed by atoms with Gasteiger partial charge in [0.1, 0.15) is 0 Å². The molecule has 2 unspecified atom stereocenters. The van der Waals surface area contributed by atoms with Gasteiger partial charge in [-0.3, -0.25) is 0 Å². The summed E-state index contributed by atoms with van der Waals surface area (Å²) in [6.45, 7) is 11.6. The number of hydrogen-bond donors (Lipinski definition) is 1. The van der Waals surface area contributed by atoms with Crippen molar-refractivity contribution in [1.29, 1.82) is 0 Å². The Morgan fingerprint density at radius 3 is 0.659 bits per heavy atom. The zero-order chi connectivity index (χ0) is 63.3. The second-order valence-corrected chi connectivity index (χ2v) is 29.0. The lowest BCUT2D eigenvalue weighted by Crippen LogP contribution is -2.18. The summed E-state index contributed by atoms with van der Waals surface area (Å²) < 4.78 is 0. The van der Waals surface area contributed by atoms with E-state index in [9.17, 15) is 5.11 Å². The molecule has 2 fully saturated rings. The smallest absolute Gasteiger partial charge is 0.0545 e. The molecule has 2 aliphatic rings. The predicted molar refractivity (Wildman–Crippen MR) is 402 cm³/mol. The Labute approximate surface area is 554 Å². The van der Waals surface area contributed by atoms with Crippen molar-refractivity contribution in [2.24, 2.45) is 16.7 Å². The van der Waals surface area contributed by atoms with Gasteiger partial charge < -0.3 is 5.11 Å². The normalized spacial score (nSPS) is 17.0. The molecular formula is C87H158O. The molecule has 0 aromatic heterocycles. The summed E-state index contributed by atoms with van der Waals surface area (Å²) in [7, 11) is 0. The van der Waals surface area contributed by atoms with Crippen LogP contribution in [0, 0.1) is 16.7 Å². The molecule has 0 heterocycles. The molecule has 1 N–H and O–H groups in total. The van der Waals surface area contributed by atoms with E-state index < -0.39 is 0 Å². The highest BCUT2D eigenvalue weighted by Crippen LogP contribution is 2.49. The minimum Gasteiger partial charge on any atom is -0.393 e.